The highest BCUT2D eigenvalue weighted by atomic mass is 35.5. The lowest BCUT2D eigenvalue weighted by molar-refractivity contribution is 0.482. The lowest BCUT2D eigenvalue weighted by atomic mass is 10.2. The van der Waals surface area contributed by atoms with E-state index in [9.17, 15) is 0 Å². The zero-order chi connectivity index (χ0) is 14.4. The molecule has 0 aliphatic heterocycles. The molecule has 2 rings (SSSR count). The third-order valence-corrected chi connectivity index (χ3v) is 3.35. The van der Waals surface area contributed by atoms with Crippen molar-refractivity contribution < 1.29 is 4.74 Å². The van der Waals surface area contributed by atoms with Gasteiger partial charge in [-0.05, 0) is 48.9 Å². The van der Waals surface area contributed by atoms with Crippen LogP contribution in [0.4, 0.5) is 5.69 Å². The van der Waals surface area contributed by atoms with Crippen molar-refractivity contribution >= 4 is 43.1 Å². The van der Waals surface area contributed by atoms with Gasteiger partial charge in [-0.25, -0.2) is 0 Å². The van der Waals surface area contributed by atoms with Crippen LogP contribution in [0.25, 0.3) is 0 Å². The van der Waals surface area contributed by atoms with Crippen LogP contribution in [0.1, 0.15) is 5.56 Å². The largest absolute Gasteiger partial charge is 0.457 e. The van der Waals surface area contributed by atoms with Crippen molar-refractivity contribution in [2.45, 2.75) is 13.0 Å². The van der Waals surface area contributed by atoms with Crippen LogP contribution in [0.15, 0.2) is 48.5 Å². The number of aryl methyl sites for hydroxylation is 1. The van der Waals surface area contributed by atoms with E-state index >= 15 is 0 Å². The number of ether oxygens (including phenoxy) is 1. The molecule has 0 unspecified atom stereocenters. The number of rotatable bonds is 6. The van der Waals surface area contributed by atoms with Crippen LogP contribution in [0.2, 0.25) is 0 Å². The fourth-order valence-corrected chi connectivity index (χ4v) is 1.90. The number of anilines is 1. The molecule has 0 amide bonds. The Morgan fingerprint density at radius 1 is 1.09 bits per heavy atom. The molecule has 0 bridgehead atoms. The van der Waals surface area contributed by atoms with Crippen molar-refractivity contribution in [2.75, 3.05) is 17.6 Å². The molecule has 3 nitrogen and oxygen atoms in total. The summed E-state index contributed by atoms with van der Waals surface area (Å²) in [6.45, 7) is 2.76. The molecule has 2 aromatic carbocycles. The second kappa shape index (κ2) is 10.6. The summed E-state index contributed by atoms with van der Waals surface area (Å²) in [4.78, 5) is 0. The summed E-state index contributed by atoms with van der Waals surface area (Å²) in [5.41, 5.74) is 8.01. The lowest BCUT2D eigenvalue weighted by Gasteiger charge is -2.12. The van der Waals surface area contributed by atoms with E-state index in [0.717, 1.165) is 17.2 Å². The predicted octanol–water partition coefficient (Wildman–Crippen LogP) is 4.30. The highest BCUT2D eigenvalue weighted by Gasteiger charge is 2.01. The van der Waals surface area contributed by atoms with Gasteiger partial charge >= 0.3 is 0 Å². The molecule has 0 saturated heterocycles. The molecular weight excluding hydrogens is 339 g/mol. The number of benzene rings is 2. The maximum absolute atomic E-state index is 5.80. The van der Waals surface area contributed by atoms with Gasteiger partial charge in [-0.1, -0.05) is 12.1 Å². The Morgan fingerprint density at radius 3 is 2.36 bits per heavy atom. The Hall–Kier alpha value is -1.07. The first kappa shape index (κ1) is 20.9. The summed E-state index contributed by atoms with van der Waals surface area (Å²) < 4.78 is 5.80. The van der Waals surface area contributed by atoms with E-state index in [1.165, 1.54) is 5.56 Å². The first-order chi connectivity index (χ1) is 9.67. The highest BCUT2D eigenvalue weighted by Crippen LogP contribution is 2.23. The Bertz CT molecular complexity index is 552. The van der Waals surface area contributed by atoms with E-state index in [1.807, 2.05) is 55.5 Å². The fraction of sp³-hybridized carbons (Fsp3) is 0.250. The van der Waals surface area contributed by atoms with Crippen LogP contribution in [0.5, 0.6) is 11.5 Å². The summed E-state index contributed by atoms with van der Waals surface area (Å²) in [7, 11) is 0. The van der Waals surface area contributed by atoms with Gasteiger partial charge in [0.25, 0.3) is 0 Å². The number of hydrogen-bond acceptors (Lipinski definition) is 4. The molecule has 22 heavy (non-hydrogen) atoms. The van der Waals surface area contributed by atoms with Crippen LogP contribution in [0.3, 0.4) is 0 Å². The summed E-state index contributed by atoms with van der Waals surface area (Å²) in [6, 6.07) is 15.9. The number of thiol groups is 1. The van der Waals surface area contributed by atoms with Gasteiger partial charge in [-0.15, -0.1) is 24.8 Å². The highest BCUT2D eigenvalue weighted by molar-refractivity contribution is 7.80. The summed E-state index contributed by atoms with van der Waals surface area (Å²) in [5.74, 6) is 2.34. The fourth-order valence-electron chi connectivity index (χ4n) is 1.77. The lowest BCUT2D eigenvalue weighted by Crippen LogP contribution is -2.30. The van der Waals surface area contributed by atoms with Gasteiger partial charge in [0.1, 0.15) is 11.5 Å². The van der Waals surface area contributed by atoms with E-state index in [4.69, 9.17) is 10.5 Å². The summed E-state index contributed by atoms with van der Waals surface area (Å²) >= 11 is 4.16. The molecule has 1 atom stereocenters. The maximum atomic E-state index is 5.80. The number of nitrogens with one attached hydrogen (secondary N) is 1. The van der Waals surface area contributed by atoms with Gasteiger partial charge in [-0.3, -0.25) is 0 Å². The first-order valence-corrected chi connectivity index (χ1v) is 7.25. The second-order valence-corrected chi connectivity index (χ2v) is 5.13. The van der Waals surface area contributed by atoms with Crippen molar-refractivity contribution in [3.8, 4) is 11.5 Å². The van der Waals surface area contributed by atoms with Gasteiger partial charge in [0.2, 0.25) is 0 Å². The van der Waals surface area contributed by atoms with E-state index in [1.54, 1.807) is 0 Å². The smallest absolute Gasteiger partial charge is 0.127 e. The molecule has 0 radical (unpaired) electrons. The van der Waals surface area contributed by atoms with Crippen LogP contribution in [-0.4, -0.2) is 18.3 Å². The minimum atomic E-state index is 0. The molecule has 2 aromatic rings. The molecule has 0 spiro atoms. The third kappa shape index (κ3) is 6.79. The summed E-state index contributed by atoms with van der Waals surface area (Å²) in [5, 5.41) is 3.27. The van der Waals surface area contributed by atoms with Gasteiger partial charge < -0.3 is 15.8 Å². The van der Waals surface area contributed by atoms with E-state index in [2.05, 4.69) is 17.9 Å². The van der Waals surface area contributed by atoms with Crippen LogP contribution in [0, 0.1) is 6.92 Å². The van der Waals surface area contributed by atoms with E-state index in [0.29, 0.717) is 12.3 Å². The van der Waals surface area contributed by atoms with Crippen molar-refractivity contribution in [1.29, 1.82) is 0 Å². The molecule has 0 aliphatic carbocycles. The molecule has 3 N–H and O–H groups in total. The standard InChI is InChI=1S/C16H20N2OS.2ClH/c1-12-3-2-4-16(9-12)19-15-7-5-14(6-8-15)18-10-13(17)11-20;;/h2-9,13,18,20H,10-11,17H2,1H3;2*1H/t13-;;/m1../s1. The SMILES string of the molecule is Cc1cccc(Oc2ccc(NC[C@@H](N)CS)cc2)c1.Cl.Cl. The molecule has 0 saturated carbocycles. The van der Waals surface area contributed by atoms with Crippen molar-refractivity contribution in [1.82, 2.24) is 0 Å². The second-order valence-electron chi connectivity index (χ2n) is 4.77. The number of nitrogens with two attached hydrogens (primary N) is 1. The monoisotopic (exact) mass is 360 g/mol. The zero-order valence-corrected chi connectivity index (χ0v) is 14.9. The van der Waals surface area contributed by atoms with Crippen molar-refractivity contribution in [3.63, 3.8) is 0 Å². The molecular formula is C16H22Cl2N2OS. The van der Waals surface area contributed by atoms with E-state index in [-0.39, 0.29) is 30.9 Å². The first-order valence-electron chi connectivity index (χ1n) is 6.62. The van der Waals surface area contributed by atoms with Gasteiger partial charge in [0.05, 0.1) is 0 Å². The number of hydrogen-bond donors (Lipinski definition) is 3. The zero-order valence-electron chi connectivity index (χ0n) is 12.4. The minimum absolute atomic E-state index is 0. The Morgan fingerprint density at radius 2 is 1.77 bits per heavy atom. The van der Waals surface area contributed by atoms with Crippen LogP contribution < -0.4 is 15.8 Å². The molecule has 0 aliphatic rings. The van der Waals surface area contributed by atoms with Crippen LogP contribution >= 0.6 is 37.4 Å². The molecule has 0 aromatic heterocycles. The normalized spacial score (nSPS) is 10.9. The Kier molecular flexibility index (Phi) is 10.1. The summed E-state index contributed by atoms with van der Waals surface area (Å²) in [6.07, 6.45) is 0. The minimum Gasteiger partial charge on any atom is -0.457 e. The average Bonchev–Trinajstić information content (AvgIpc) is 2.46. The number of halogens is 2. The van der Waals surface area contributed by atoms with Crippen LogP contribution in [-0.2, 0) is 0 Å². The molecule has 122 valence electrons. The Balaban J connectivity index is 0.00000220. The van der Waals surface area contributed by atoms with Crippen molar-refractivity contribution in [2.24, 2.45) is 5.73 Å². The molecule has 0 fully saturated rings. The topological polar surface area (TPSA) is 47.3 Å². The predicted molar refractivity (Wildman–Crippen MR) is 103 cm³/mol. The quantitative estimate of drug-likeness (QED) is 0.673. The third-order valence-electron chi connectivity index (χ3n) is 2.88. The maximum Gasteiger partial charge on any atom is 0.127 e. The molecule has 6 heteroatoms. The van der Waals surface area contributed by atoms with Gasteiger partial charge in [-0.2, -0.15) is 12.6 Å². The van der Waals surface area contributed by atoms with Crippen molar-refractivity contribution in [3.05, 3.63) is 54.1 Å². The van der Waals surface area contributed by atoms with E-state index < -0.39 is 0 Å². The molecule has 0 heterocycles. The van der Waals surface area contributed by atoms with Gasteiger partial charge in [0, 0.05) is 24.0 Å². The van der Waals surface area contributed by atoms with Gasteiger partial charge in [0.15, 0.2) is 0 Å². The Labute approximate surface area is 149 Å². The average molecular weight is 361 g/mol.